The third kappa shape index (κ3) is 4.18. The number of anilines is 1. The van der Waals surface area contributed by atoms with Gasteiger partial charge >= 0.3 is 0 Å². The van der Waals surface area contributed by atoms with Gasteiger partial charge in [-0.25, -0.2) is 0 Å². The number of hydrogen-bond acceptors (Lipinski definition) is 2. The summed E-state index contributed by atoms with van der Waals surface area (Å²) in [5.41, 5.74) is 2.36. The molecule has 102 valence electrons. The van der Waals surface area contributed by atoms with Crippen molar-refractivity contribution >= 4 is 17.3 Å². The number of benzene rings is 1. The fraction of sp³-hybridized carbons (Fsp3) is 0.600. The lowest BCUT2D eigenvalue weighted by Crippen LogP contribution is -2.27. The second-order valence-corrected chi connectivity index (χ2v) is 5.23. The van der Waals surface area contributed by atoms with Gasteiger partial charge in [-0.05, 0) is 44.0 Å². The van der Waals surface area contributed by atoms with Crippen molar-refractivity contribution in [2.75, 3.05) is 18.5 Å². The van der Waals surface area contributed by atoms with Gasteiger partial charge in [-0.2, -0.15) is 0 Å². The van der Waals surface area contributed by atoms with Gasteiger partial charge in [-0.15, -0.1) is 0 Å². The van der Waals surface area contributed by atoms with E-state index in [1.807, 2.05) is 0 Å². The Balaban J connectivity index is 2.72. The van der Waals surface area contributed by atoms with Crippen molar-refractivity contribution in [1.29, 1.82) is 0 Å². The van der Waals surface area contributed by atoms with Gasteiger partial charge in [0.25, 0.3) is 0 Å². The Morgan fingerprint density at radius 3 is 2.61 bits per heavy atom. The average Bonchev–Trinajstić information content (AvgIpc) is 2.39. The predicted molar refractivity (Wildman–Crippen MR) is 81.6 cm³/mol. The first-order valence-electron chi connectivity index (χ1n) is 6.82. The Morgan fingerprint density at radius 1 is 1.33 bits per heavy atom. The highest BCUT2D eigenvalue weighted by molar-refractivity contribution is 6.31. The molecule has 0 radical (unpaired) electrons. The lowest BCUT2D eigenvalue weighted by atomic mass is 10.1. The Kier molecular flexibility index (Phi) is 6.51. The Morgan fingerprint density at radius 2 is 2.06 bits per heavy atom. The smallest absolute Gasteiger partial charge is 0.0471 e. The summed E-state index contributed by atoms with van der Waals surface area (Å²) in [6, 6.07) is 6.88. The van der Waals surface area contributed by atoms with Gasteiger partial charge in [-0.1, -0.05) is 31.5 Å². The molecule has 3 heteroatoms. The van der Waals surface area contributed by atoms with Crippen LogP contribution in [0, 0.1) is 0 Å². The second kappa shape index (κ2) is 7.65. The molecule has 1 aromatic rings. The third-order valence-corrected chi connectivity index (χ3v) is 3.79. The predicted octanol–water partition coefficient (Wildman–Crippen LogP) is 4.07. The van der Waals surface area contributed by atoms with E-state index < -0.39 is 0 Å². The van der Waals surface area contributed by atoms with Gasteiger partial charge in [0.1, 0.15) is 0 Å². The van der Waals surface area contributed by atoms with Gasteiger partial charge in [-0.3, -0.25) is 0 Å². The van der Waals surface area contributed by atoms with Crippen LogP contribution in [0.25, 0.3) is 0 Å². The van der Waals surface area contributed by atoms with Gasteiger partial charge in [0.15, 0.2) is 0 Å². The molecule has 1 atom stereocenters. The van der Waals surface area contributed by atoms with Crippen LogP contribution in [-0.4, -0.2) is 19.6 Å². The molecule has 0 aromatic heterocycles. The summed E-state index contributed by atoms with van der Waals surface area (Å²) >= 11 is 6.33. The van der Waals surface area contributed by atoms with E-state index in [1.165, 1.54) is 11.3 Å². The van der Waals surface area contributed by atoms with E-state index in [-0.39, 0.29) is 0 Å². The third-order valence-electron chi connectivity index (χ3n) is 3.44. The Bertz CT molecular complexity index is 366. The summed E-state index contributed by atoms with van der Waals surface area (Å²) in [5, 5.41) is 4.23. The summed E-state index contributed by atoms with van der Waals surface area (Å²) in [7, 11) is 2.12. The maximum atomic E-state index is 6.33. The van der Waals surface area contributed by atoms with E-state index in [0.29, 0.717) is 6.04 Å². The van der Waals surface area contributed by atoms with Crippen LogP contribution in [0.2, 0.25) is 5.02 Å². The zero-order chi connectivity index (χ0) is 13.5. The molecule has 0 aliphatic rings. The summed E-state index contributed by atoms with van der Waals surface area (Å²) in [5.74, 6) is 0. The topological polar surface area (TPSA) is 15.3 Å². The normalized spacial score (nSPS) is 12.5. The van der Waals surface area contributed by atoms with Crippen LogP contribution in [0.1, 0.15) is 39.2 Å². The second-order valence-electron chi connectivity index (χ2n) is 4.82. The maximum absolute atomic E-state index is 6.33. The van der Waals surface area contributed by atoms with Crippen LogP contribution in [0.5, 0.6) is 0 Å². The molecule has 0 aliphatic carbocycles. The van der Waals surface area contributed by atoms with Crippen molar-refractivity contribution in [2.45, 2.75) is 46.2 Å². The Hall–Kier alpha value is -0.730. The standard InChI is InChI=1S/C15H25ClN2/c1-5-9-17-11-13-7-8-14(10-15(13)16)18(4)12(3)6-2/h7-8,10,12,17H,5-6,9,11H2,1-4H3. The quantitative estimate of drug-likeness (QED) is 0.750. The zero-order valence-corrected chi connectivity index (χ0v) is 12.7. The molecule has 0 bridgehead atoms. The Labute approximate surface area is 116 Å². The monoisotopic (exact) mass is 268 g/mol. The van der Waals surface area contributed by atoms with Gasteiger partial charge in [0, 0.05) is 30.3 Å². The highest BCUT2D eigenvalue weighted by Gasteiger charge is 2.09. The molecule has 0 heterocycles. The minimum absolute atomic E-state index is 0.533. The number of nitrogens with one attached hydrogen (secondary N) is 1. The highest BCUT2D eigenvalue weighted by atomic mass is 35.5. The van der Waals surface area contributed by atoms with E-state index >= 15 is 0 Å². The van der Waals surface area contributed by atoms with Crippen LogP contribution >= 0.6 is 11.6 Å². The lowest BCUT2D eigenvalue weighted by Gasteiger charge is -2.26. The molecule has 0 spiro atoms. The van der Waals surface area contributed by atoms with E-state index in [4.69, 9.17) is 11.6 Å². The summed E-state index contributed by atoms with van der Waals surface area (Å²) < 4.78 is 0. The van der Waals surface area contributed by atoms with E-state index in [0.717, 1.165) is 31.0 Å². The van der Waals surface area contributed by atoms with Crippen molar-refractivity contribution in [3.05, 3.63) is 28.8 Å². The minimum atomic E-state index is 0.533. The molecule has 1 unspecified atom stereocenters. The number of hydrogen-bond donors (Lipinski definition) is 1. The largest absolute Gasteiger partial charge is 0.372 e. The number of halogens is 1. The molecule has 18 heavy (non-hydrogen) atoms. The lowest BCUT2D eigenvalue weighted by molar-refractivity contribution is 0.662. The summed E-state index contributed by atoms with van der Waals surface area (Å²) in [4.78, 5) is 2.27. The molecule has 0 saturated heterocycles. The van der Waals surface area contributed by atoms with E-state index in [1.54, 1.807) is 0 Å². The minimum Gasteiger partial charge on any atom is -0.372 e. The fourth-order valence-electron chi connectivity index (χ4n) is 1.83. The molecular weight excluding hydrogens is 244 g/mol. The van der Waals surface area contributed by atoms with Crippen LogP contribution < -0.4 is 10.2 Å². The highest BCUT2D eigenvalue weighted by Crippen LogP contribution is 2.24. The molecule has 0 aliphatic heterocycles. The molecule has 1 N–H and O–H groups in total. The first-order valence-corrected chi connectivity index (χ1v) is 7.19. The first-order chi connectivity index (χ1) is 8.60. The maximum Gasteiger partial charge on any atom is 0.0471 e. The molecular formula is C15H25ClN2. The van der Waals surface area contributed by atoms with Crippen LogP contribution in [0.3, 0.4) is 0 Å². The molecule has 0 fully saturated rings. The molecule has 2 nitrogen and oxygen atoms in total. The van der Waals surface area contributed by atoms with Gasteiger partial charge in [0.05, 0.1) is 0 Å². The van der Waals surface area contributed by atoms with Crippen LogP contribution in [0.15, 0.2) is 18.2 Å². The van der Waals surface area contributed by atoms with Crippen molar-refractivity contribution in [3.8, 4) is 0 Å². The molecule has 0 saturated carbocycles. The fourth-order valence-corrected chi connectivity index (χ4v) is 2.07. The summed E-state index contributed by atoms with van der Waals surface area (Å²) in [6.07, 6.45) is 2.28. The van der Waals surface area contributed by atoms with Crippen molar-refractivity contribution in [1.82, 2.24) is 5.32 Å². The summed E-state index contributed by atoms with van der Waals surface area (Å²) in [6.45, 7) is 8.47. The van der Waals surface area contributed by atoms with Crippen molar-refractivity contribution in [3.63, 3.8) is 0 Å². The van der Waals surface area contributed by atoms with Gasteiger partial charge < -0.3 is 10.2 Å². The molecule has 1 aromatic carbocycles. The SMILES string of the molecule is CCCNCc1ccc(N(C)C(C)CC)cc1Cl. The zero-order valence-electron chi connectivity index (χ0n) is 12.0. The first kappa shape index (κ1) is 15.3. The van der Waals surface area contributed by atoms with Gasteiger partial charge in [0.2, 0.25) is 0 Å². The average molecular weight is 269 g/mol. The van der Waals surface area contributed by atoms with E-state index in [9.17, 15) is 0 Å². The van der Waals surface area contributed by atoms with Crippen LogP contribution in [-0.2, 0) is 6.54 Å². The van der Waals surface area contributed by atoms with Crippen LogP contribution in [0.4, 0.5) is 5.69 Å². The molecule has 0 amide bonds. The number of rotatable bonds is 7. The van der Waals surface area contributed by atoms with E-state index in [2.05, 4.69) is 56.2 Å². The van der Waals surface area contributed by atoms with Crippen molar-refractivity contribution < 1.29 is 0 Å². The van der Waals surface area contributed by atoms with Crippen molar-refractivity contribution in [2.24, 2.45) is 0 Å². The molecule has 1 rings (SSSR count). The number of nitrogens with zero attached hydrogens (tertiary/aromatic N) is 1.